The molecular formula is C12H13F2N5. The van der Waals surface area contributed by atoms with Gasteiger partial charge >= 0.3 is 0 Å². The molecule has 7 heteroatoms. The van der Waals surface area contributed by atoms with Crippen LogP contribution in [0.5, 0.6) is 0 Å². The number of nitrogens with one attached hydrogen (secondary N) is 2. The maximum atomic E-state index is 13.0. The summed E-state index contributed by atoms with van der Waals surface area (Å²) < 4.78 is 25.8. The number of hydrogen-bond donors (Lipinski definition) is 3. The van der Waals surface area contributed by atoms with Gasteiger partial charge in [0.05, 0.1) is 0 Å². The van der Waals surface area contributed by atoms with Crippen LogP contribution in [0.4, 0.5) is 26.4 Å². The van der Waals surface area contributed by atoms with Crippen LogP contribution in [0.3, 0.4) is 0 Å². The number of rotatable bonds is 4. The molecule has 0 aliphatic heterocycles. The van der Waals surface area contributed by atoms with Crippen LogP contribution in [0.1, 0.15) is 5.56 Å². The molecule has 0 radical (unpaired) electrons. The number of nitrogens with two attached hydrogens (primary N) is 1. The normalized spacial score (nSPS) is 10.3. The Labute approximate surface area is 108 Å². The second kappa shape index (κ2) is 5.47. The summed E-state index contributed by atoms with van der Waals surface area (Å²) in [6.07, 6.45) is 0. The lowest BCUT2D eigenvalue weighted by atomic mass is 10.2. The van der Waals surface area contributed by atoms with E-state index in [1.165, 1.54) is 6.07 Å². The zero-order valence-corrected chi connectivity index (χ0v) is 10.2. The highest BCUT2D eigenvalue weighted by Gasteiger charge is 2.04. The Bertz CT molecular complexity index is 588. The number of nitrogens with zero attached hydrogens (tertiary/aromatic N) is 2. The minimum atomic E-state index is -0.877. The molecule has 1 aromatic carbocycles. The van der Waals surface area contributed by atoms with Crippen LogP contribution in [-0.2, 0) is 6.54 Å². The number of nitrogen functional groups attached to an aromatic ring is 1. The molecule has 19 heavy (non-hydrogen) atoms. The maximum absolute atomic E-state index is 13.0. The molecule has 4 N–H and O–H groups in total. The zero-order chi connectivity index (χ0) is 13.8. The summed E-state index contributed by atoms with van der Waals surface area (Å²) in [5.41, 5.74) is 6.14. The monoisotopic (exact) mass is 265 g/mol. The molecule has 0 saturated carbocycles. The van der Waals surface area contributed by atoms with Crippen molar-refractivity contribution in [2.45, 2.75) is 6.54 Å². The fraction of sp³-hybridized carbons (Fsp3) is 0.167. The minimum Gasteiger partial charge on any atom is -0.373 e. The first-order valence-corrected chi connectivity index (χ1v) is 5.58. The topological polar surface area (TPSA) is 75.9 Å². The van der Waals surface area contributed by atoms with Crippen molar-refractivity contribution in [3.63, 3.8) is 0 Å². The van der Waals surface area contributed by atoms with Gasteiger partial charge in [-0.2, -0.15) is 9.97 Å². The van der Waals surface area contributed by atoms with E-state index in [2.05, 4.69) is 20.6 Å². The summed E-state index contributed by atoms with van der Waals surface area (Å²) in [5, 5.41) is 5.81. The van der Waals surface area contributed by atoms with Crippen molar-refractivity contribution in [2.75, 3.05) is 23.4 Å². The van der Waals surface area contributed by atoms with Gasteiger partial charge in [-0.25, -0.2) is 8.78 Å². The molecule has 5 nitrogen and oxygen atoms in total. The number of halogens is 2. The van der Waals surface area contributed by atoms with E-state index in [0.717, 1.165) is 12.1 Å². The first-order chi connectivity index (χ1) is 9.08. The van der Waals surface area contributed by atoms with E-state index >= 15 is 0 Å². The van der Waals surface area contributed by atoms with Crippen LogP contribution in [0, 0.1) is 11.6 Å². The summed E-state index contributed by atoms with van der Waals surface area (Å²) in [6.45, 7) is 0.302. The summed E-state index contributed by atoms with van der Waals surface area (Å²) in [7, 11) is 1.71. The second-order valence-corrected chi connectivity index (χ2v) is 3.85. The van der Waals surface area contributed by atoms with Gasteiger partial charge in [0, 0.05) is 19.7 Å². The van der Waals surface area contributed by atoms with Crippen LogP contribution in [0.25, 0.3) is 0 Å². The third kappa shape index (κ3) is 3.27. The second-order valence-electron chi connectivity index (χ2n) is 3.85. The molecule has 0 unspecified atom stereocenters. The first kappa shape index (κ1) is 13.0. The highest BCUT2D eigenvalue weighted by atomic mass is 19.2. The smallest absolute Gasteiger partial charge is 0.223 e. The molecule has 0 bridgehead atoms. The van der Waals surface area contributed by atoms with Gasteiger partial charge in [-0.05, 0) is 17.7 Å². The summed E-state index contributed by atoms with van der Waals surface area (Å²) in [6, 6.07) is 5.37. The molecule has 2 rings (SSSR count). The van der Waals surface area contributed by atoms with Crippen molar-refractivity contribution in [1.82, 2.24) is 9.97 Å². The molecule has 1 heterocycles. The molecule has 1 aromatic heterocycles. The van der Waals surface area contributed by atoms with Crippen molar-refractivity contribution in [3.05, 3.63) is 41.5 Å². The molecule has 100 valence electrons. The van der Waals surface area contributed by atoms with Crippen molar-refractivity contribution < 1.29 is 8.78 Å². The van der Waals surface area contributed by atoms with Crippen LogP contribution >= 0.6 is 0 Å². The average molecular weight is 265 g/mol. The Balaban J connectivity index is 2.09. The highest BCUT2D eigenvalue weighted by Crippen LogP contribution is 2.14. The summed E-state index contributed by atoms with van der Waals surface area (Å²) >= 11 is 0. The number of aromatic nitrogens is 2. The summed E-state index contributed by atoms with van der Waals surface area (Å²) in [4.78, 5) is 7.92. The van der Waals surface area contributed by atoms with Gasteiger partial charge in [0.1, 0.15) is 11.6 Å². The first-order valence-electron chi connectivity index (χ1n) is 5.58. The molecule has 0 fully saturated rings. The predicted octanol–water partition coefficient (Wildman–Crippen LogP) is 1.99. The van der Waals surface area contributed by atoms with Crippen LogP contribution in [0.15, 0.2) is 24.3 Å². The average Bonchev–Trinajstić information content (AvgIpc) is 2.39. The molecule has 0 saturated heterocycles. The molecular weight excluding hydrogens is 252 g/mol. The quantitative estimate of drug-likeness (QED) is 0.788. The molecule has 0 aliphatic carbocycles. The molecule has 0 amide bonds. The molecule has 0 aliphatic rings. The van der Waals surface area contributed by atoms with Gasteiger partial charge in [0.2, 0.25) is 5.95 Å². The van der Waals surface area contributed by atoms with Crippen molar-refractivity contribution in [2.24, 2.45) is 0 Å². The number of hydrogen-bond acceptors (Lipinski definition) is 5. The van der Waals surface area contributed by atoms with Gasteiger partial charge < -0.3 is 16.4 Å². The van der Waals surface area contributed by atoms with E-state index in [4.69, 9.17) is 5.73 Å². The van der Waals surface area contributed by atoms with Crippen LogP contribution in [-0.4, -0.2) is 17.0 Å². The number of anilines is 3. The zero-order valence-electron chi connectivity index (χ0n) is 10.2. The standard InChI is InChI=1S/C12H13F2N5/c1-16-10-5-11(19-12(15)18-10)17-6-7-2-3-8(13)9(14)4-7/h2-5H,6H2,1H3,(H4,15,16,17,18,19). The Morgan fingerprint density at radius 3 is 2.53 bits per heavy atom. The van der Waals surface area contributed by atoms with Crippen LogP contribution < -0.4 is 16.4 Å². The van der Waals surface area contributed by atoms with Gasteiger partial charge in [-0.1, -0.05) is 6.07 Å². The van der Waals surface area contributed by atoms with Crippen molar-refractivity contribution in [3.8, 4) is 0 Å². The number of benzene rings is 1. The molecule has 0 atom stereocenters. The lowest BCUT2D eigenvalue weighted by Crippen LogP contribution is -2.06. The van der Waals surface area contributed by atoms with Gasteiger partial charge in [-0.3, -0.25) is 0 Å². The Hall–Kier alpha value is -2.44. The van der Waals surface area contributed by atoms with Crippen molar-refractivity contribution >= 4 is 17.6 Å². The van der Waals surface area contributed by atoms with E-state index in [9.17, 15) is 8.78 Å². The third-order valence-corrected chi connectivity index (χ3v) is 2.46. The van der Waals surface area contributed by atoms with Crippen molar-refractivity contribution in [1.29, 1.82) is 0 Å². The van der Waals surface area contributed by atoms with E-state index in [0.29, 0.717) is 23.7 Å². The highest BCUT2D eigenvalue weighted by molar-refractivity contribution is 5.50. The minimum absolute atomic E-state index is 0.125. The Morgan fingerprint density at radius 1 is 1.11 bits per heavy atom. The van der Waals surface area contributed by atoms with Crippen LogP contribution in [0.2, 0.25) is 0 Å². The molecule has 2 aromatic rings. The lowest BCUT2D eigenvalue weighted by Gasteiger charge is -2.08. The Morgan fingerprint density at radius 2 is 1.84 bits per heavy atom. The van der Waals surface area contributed by atoms with Gasteiger partial charge in [0.25, 0.3) is 0 Å². The van der Waals surface area contributed by atoms with E-state index in [1.54, 1.807) is 13.1 Å². The third-order valence-electron chi connectivity index (χ3n) is 2.46. The Kier molecular flexibility index (Phi) is 3.74. The van der Waals surface area contributed by atoms with Gasteiger partial charge in [-0.15, -0.1) is 0 Å². The predicted molar refractivity (Wildman–Crippen MR) is 69.7 cm³/mol. The largest absolute Gasteiger partial charge is 0.373 e. The molecule has 0 spiro atoms. The van der Waals surface area contributed by atoms with E-state index < -0.39 is 11.6 Å². The van der Waals surface area contributed by atoms with E-state index in [1.807, 2.05) is 0 Å². The fourth-order valence-electron chi connectivity index (χ4n) is 1.53. The maximum Gasteiger partial charge on any atom is 0.223 e. The SMILES string of the molecule is CNc1cc(NCc2ccc(F)c(F)c2)nc(N)n1. The lowest BCUT2D eigenvalue weighted by molar-refractivity contribution is 0.507. The summed E-state index contributed by atoms with van der Waals surface area (Å²) in [5.74, 6) is -0.550. The van der Waals surface area contributed by atoms with Gasteiger partial charge in [0.15, 0.2) is 11.6 Å². The fourth-order valence-corrected chi connectivity index (χ4v) is 1.53. The van der Waals surface area contributed by atoms with E-state index in [-0.39, 0.29) is 5.95 Å².